The number of nitrogens with one attached hydrogen (secondary N) is 2. The fourth-order valence-electron chi connectivity index (χ4n) is 2.21. The zero-order valence-corrected chi connectivity index (χ0v) is 12.9. The fourth-order valence-corrected chi connectivity index (χ4v) is 2.21. The molecule has 0 radical (unpaired) electrons. The van der Waals surface area contributed by atoms with E-state index >= 15 is 0 Å². The molecule has 1 aromatic carbocycles. The van der Waals surface area contributed by atoms with E-state index in [1.165, 1.54) is 0 Å². The maximum atomic E-state index is 11.9. The Morgan fingerprint density at radius 1 is 1.24 bits per heavy atom. The summed E-state index contributed by atoms with van der Waals surface area (Å²) in [4.78, 5) is 11.9. The first-order valence-corrected chi connectivity index (χ1v) is 6.99. The van der Waals surface area contributed by atoms with Crippen molar-refractivity contribution in [2.24, 2.45) is 0 Å². The van der Waals surface area contributed by atoms with E-state index in [9.17, 15) is 4.79 Å². The summed E-state index contributed by atoms with van der Waals surface area (Å²) in [5.41, 5.74) is 4.56. The molecule has 0 aliphatic rings. The van der Waals surface area contributed by atoms with Gasteiger partial charge in [-0.15, -0.1) is 0 Å². The molecule has 2 N–H and O–H groups in total. The van der Waals surface area contributed by atoms with Crippen molar-refractivity contribution in [1.82, 2.24) is 10.2 Å². The average Bonchev–Trinajstić information content (AvgIpc) is 2.74. The van der Waals surface area contributed by atoms with Gasteiger partial charge in [0.05, 0.1) is 30.1 Å². The molecule has 2 rings (SSSR count). The van der Waals surface area contributed by atoms with Crippen molar-refractivity contribution in [2.75, 3.05) is 11.9 Å². The molecule has 0 aliphatic heterocycles. The number of aromatic amines is 1. The zero-order valence-electron chi connectivity index (χ0n) is 12.9. The largest absolute Gasteiger partial charge is 0.493 e. The molecule has 2 aromatic rings. The van der Waals surface area contributed by atoms with Crippen LogP contribution in [0.25, 0.3) is 0 Å². The Morgan fingerprint density at radius 3 is 2.48 bits per heavy atom. The number of ether oxygens (including phenoxy) is 1. The first-order valence-electron chi connectivity index (χ1n) is 6.99. The van der Waals surface area contributed by atoms with Gasteiger partial charge in [0.2, 0.25) is 5.91 Å². The maximum Gasteiger partial charge on any atom is 0.227 e. The molecule has 0 atom stereocenters. The summed E-state index contributed by atoms with van der Waals surface area (Å²) >= 11 is 0. The van der Waals surface area contributed by atoms with Crippen molar-refractivity contribution in [3.8, 4) is 5.75 Å². The lowest BCUT2D eigenvalue weighted by Crippen LogP contribution is -2.16. The van der Waals surface area contributed by atoms with Crippen LogP contribution in [0.3, 0.4) is 0 Å². The van der Waals surface area contributed by atoms with E-state index in [0.717, 1.165) is 34.0 Å². The van der Waals surface area contributed by atoms with E-state index in [4.69, 9.17) is 4.74 Å². The van der Waals surface area contributed by atoms with Crippen LogP contribution in [-0.4, -0.2) is 22.7 Å². The van der Waals surface area contributed by atoms with Gasteiger partial charge in [-0.3, -0.25) is 9.89 Å². The fraction of sp³-hybridized carbons (Fsp3) is 0.375. The number of carbonyl (C=O) groups excluding carboxylic acids is 1. The smallest absolute Gasteiger partial charge is 0.227 e. The van der Waals surface area contributed by atoms with Gasteiger partial charge in [0, 0.05) is 0 Å². The number of anilines is 1. The summed E-state index contributed by atoms with van der Waals surface area (Å²) in [6.07, 6.45) is 0.303. The van der Waals surface area contributed by atoms with Gasteiger partial charge < -0.3 is 10.1 Å². The minimum absolute atomic E-state index is 0.0752. The molecule has 0 unspecified atom stereocenters. The van der Waals surface area contributed by atoms with Gasteiger partial charge in [0.25, 0.3) is 0 Å². The van der Waals surface area contributed by atoms with Crippen LogP contribution in [0.4, 0.5) is 5.69 Å². The molecular formula is C16H21N3O2. The van der Waals surface area contributed by atoms with Gasteiger partial charge in [0.1, 0.15) is 5.75 Å². The van der Waals surface area contributed by atoms with E-state index in [1.807, 2.05) is 45.9 Å². The van der Waals surface area contributed by atoms with Crippen molar-refractivity contribution in [2.45, 2.75) is 34.1 Å². The summed E-state index contributed by atoms with van der Waals surface area (Å²) in [7, 11) is 0. The van der Waals surface area contributed by atoms with E-state index in [1.54, 1.807) is 0 Å². The Bertz CT molecular complexity index is 607. The first kappa shape index (κ1) is 15.1. The Balaban J connectivity index is 1.88. The van der Waals surface area contributed by atoms with Crippen LogP contribution in [0, 0.1) is 27.7 Å². The molecule has 0 fully saturated rings. The number of hydrogen-bond donors (Lipinski definition) is 2. The van der Waals surface area contributed by atoms with Gasteiger partial charge >= 0.3 is 0 Å². The number of para-hydroxylation sites is 1. The van der Waals surface area contributed by atoms with Crippen molar-refractivity contribution < 1.29 is 9.53 Å². The highest BCUT2D eigenvalue weighted by Gasteiger charge is 2.11. The highest BCUT2D eigenvalue weighted by atomic mass is 16.5. The van der Waals surface area contributed by atoms with Crippen molar-refractivity contribution >= 4 is 11.6 Å². The van der Waals surface area contributed by atoms with Gasteiger partial charge in [-0.25, -0.2) is 0 Å². The highest BCUT2D eigenvalue weighted by Crippen LogP contribution is 2.22. The molecule has 1 heterocycles. The molecule has 1 aromatic heterocycles. The average molecular weight is 287 g/mol. The third-order valence-electron chi connectivity index (χ3n) is 3.38. The quantitative estimate of drug-likeness (QED) is 0.888. The number of aryl methyl sites for hydroxylation is 4. The van der Waals surface area contributed by atoms with Gasteiger partial charge in [0.15, 0.2) is 0 Å². The Hall–Kier alpha value is -2.30. The maximum absolute atomic E-state index is 11.9. The van der Waals surface area contributed by atoms with Gasteiger partial charge in [-0.1, -0.05) is 18.2 Å². The Labute approximate surface area is 124 Å². The number of H-pyrrole nitrogens is 1. The number of hydrogen-bond acceptors (Lipinski definition) is 3. The first-order chi connectivity index (χ1) is 9.99. The second-order valence-electron chi connectivity index (χ2n) is 5.18. The minimum Gasteiger partial charge on any atom is -0.493 e. The summed E-state index contributed by atoms with van der Waals surface area (Å²) in [6, 6.07) is 6.00. The third-order valence-corrected chi connectivity index (χ3v) is 3.38. The second kappa shape index (κ2) is 6.43. The van der Waals surface area contributed by atoms with Gasteiger partial charge in [-0.05, 0) is 38.8 Å². The van der Waals surface area contributed by atoms with Crippen LogP contribution >= 0.6 is 0 Å². The van der Waals surface area contributed by atoms with Crippen LogP contribution in [0.5, 0.6) is 5.75 Å². The Morgan fingerprint density at radius 2 is 1.90 bits per heavy atom. The lowest BCUT2D eigenvalue weighted by Gasteiger charge is -2.12. The van der Waals surface area contributed by atoms with E-state index in [0.29, 0.717) is 13.0 Å². The summed E-state index contributed by atoms with van der Waals surface area (Å²) in [5, 5.41) is 9.75. The normalized spacial score (nSPS) is 10.5. The van der Waals surface area contributed by atoms with E-state index < -0.39 is 0 Å². The number of benzene rings is 1. The molecule has 0 aliphatic carbocycles. The van der Waals surface area contributed by atoms with Crippen LogP contribution in [0.2, 0.25) is 0 Å². The highest BCUT2D eigenvalue weighted by molar-refractivity contribution is 5.91. The predicted molar refractivity (Wildman–Crippen MR) is 82.7 cm³/mol. The third kappa shape index (κ3) is 3.62. The zero-order chi connectivity index (χ0) is 15.4. The predicted octanol–water partition coefficient (Wildman–Crippen LogP) is 3.05. The topological polar surface area (TPSA) is 67.0 Å². The lowest BCUT2D eigenvalue weighted by molar-refractivity contribution is -0.116. The SMILES string of the molecule is Cc1cccc(C)c1OCCC(=O)Nc1c(C)n[nH]c1C. The molecular weight excluding hydrogens is 266 g/mol. The number of rotatable bonds is 5. The number of nitrogens with zero attached hydrogens (tertiary/aromatic N) is 1. The van der Waals surface area contributed by atoms with Gasteiger partial charge in [-0.2, -0.15) is 5.10 Å². The number of aromatic nitrogens is 2. The summed E-state index contributed by atoms with van der Waals surface area (Å²) < 4.78 is 5.73. The van der Waals surface area contributed by atoms with Crippen LogP contribution in [0.15, 0.2) is 18.2 Å². The van der Waals surface area contributed by atoms with Crippen molar-refractivity contribution in [3.05, 3.63) is 40.7 Å². The molecule has 21 heavy (non-hydrogen) atoms. The number of carbonyl (C=O) groups is 1. The Kier molecular flexibility index (Phi) is 4.62. The van der Waals surface area contributed by atoms with E-state index in [-0.39, 0.29) is 5.91 Å². The van der Waals surface area contributed by atoms with E-state index in [2.05, 4.69) is 15.5 Å². The summed E-state index contributed by atoms with van der Waals surface area (Å²) in [5.74, 6) is 0.787. The molecule has 0 saturated carbocycles. The molecule has 5 nitrogen and oxygen atoms in total. The molecule has 112 valence electrons. The molecule has 5 heteroatoms. The standard InChI is InChI=1S/C16H21N3O2/c1-10-6-5-7-11(2)16(10)21-9-8-14(20)17-15-12(3)18-19-13(15)4/h5-7H,8-9H2,1-4H3,(H,17,20)(H,18,19). The summed E-state index contributed by atoms with van der Waals surface area (Å²) in [6.45, 7) is 8.09. The molecule has 1 amide bonds. The van der Waals surface area contributed by atoms with Crippen LogP contribution in [0.1, 0.15) is 28.9 Å². The monoisotopic (exact) mass is 287 g/mol. The molecule has 0 bridgehead atoms. The lowest BCUT2D eigenvalue weighted by atomic mass is 10.1. The second-order valence-corrected chi connectivity index (χ2v) is 5.18. The molecule has 0 saturated heterocycles. The van der Waals surface area contributed by atoms with Crippen molar-refractivity contribution in [1.29, 1.82) is 0 Å². The number of amides is 1. The van der Waals surface area contributed by atoms with Crippen LogP contribution < -0.4 is 10.1 Å². The molecule has 0 spiro atoms. The van der Waals surface area contributed by atoms with Crippen molar-refractivity contribution in [3.63, 3.8) is 0 Å². The minimum atomic E-state index is -0.0752. The van der Waals surface area contributed by atoms with Crippen LogP contribution in [-0.2, 0) is 4.79 Å².